The predicted molar refractivity (Wildman–Crippen MR) is 120 cm³/mol. The Morgan fingerprint density at radius 3 is 2.42 bits per heavy atom. The van der Waals surface area contributed by atoms with Gasteiger partial charge in [-0.3, -0.25) is 9.69 Å². The van der Waals surface area contributed by atoms with Crippen LogP contribution < -0.4 is 5.32 Å². The van der Waals surface area contributed by atoms with E-state index in [1.807, 2.05) is 51.1 Å². The molecule has 0 unspecified atom stereocenters. The van der Waals surface area contributed by atoms with Gasteiger partial charge in [-0.25, -0.2) is 4.79 Å². The van der Waals surface area contributed by atoms with E-state index in [1.54, 1.807) is 17.0 Å². The number of nitrogens with zero attached hydrogens (tertiary/aromatic N) is 1. The van der Waals surface area contributed by atoms with E-state index in [9.17, 15) is 14.7 Å². The van der Waals surface area contributed by atoms with Crippen molar-refractivity contribution in [2.24, 2.45) is 0 Å². The fourth-order valence-corrected chi connectivity index (χ4v) is 3.81. The highest BCUT2D eigenvalue weighted by Crippen LogP contribution is 2.25. The summed E-state index contributed by atoms with van der Waals surface area (Å²) in [6.45, 7) is 6.29. The largest absolute Gasteiger partial charge is 0.480 e. The van der Waals surface area contributed by atoms with Crippen LogP contribution in [-0.2, 0) is 28.9 Å². The third kappa shape index (κ3) is 6.45. The molecule has 2 aromatic rings. The average molecular weight is 445 g/mol. The Bertz CT molecular complexity index is 924. The zero-order valence-corrected chi connectivity index (χ0v) is 18.9. The molecule has 3 rings (SSSR count). The molecular formula is C24H29ClN2O4. The molecule has 1 aliphatic heterocycles. The maximum atomic E-state index is 12.9. The third-order valence-electron chi connectivity index (χ3n) is 5.23. The molecule has 1 amide bonds. The smallest absolute Gasteiger partial charge is 0.410 e. The van der Waals surface area contributed by atoms with Crippen molar-refractivity contribution in [2.45, 2.75) is 57.8 Å². The molecule has 0 bridgehead atoms. The molecule has 166 valence electrons. The Morgan fingerprint density at radius 2 is 1.81 bits per heavy atom. The summed E-state index contributed by atoms with van der Waals surface area (Å²) < 4.78 is 5.61. The number of carbonyl (C=O) groups excluding carboxylic acids is 1. The van der Waals surface area contributed by atoms with Crippen molar-refractivity contribution in [3.63, 3.8) is 0 Å². The number of aliphatic carboxylic acids is 1. The number of hydrogen-bond donors (Lipinski definition) is 2. The second-order valence-electron chi connectivity index (χ2n) is 8.86. The van der Waals surface area contributed by atoms with Crippen molar-refractivity contribution in [1.82, 2.24) is 10.2 Å². The summed E-state index contributed by atoms with van der Waals surface area (Å²) in [5.41, 5.74) is 2.52. The van der Waals surface area contributed by atoms with Gasteiger partial charge in [-0.05, 0) is 62.4 Å². The summed E-state index contributed by atoms with van der Waals surface area (Å²) in [7, 11) is 0. The van der Waals surface area contributed by atoms with E-state index >= 15 is 0 Å². The fourth-order valence-electron chi connectivity index (χ4n) is 3.69. The van der Waals surface area contributed by atoms with Gasteiger partial charge in [-0.2, -0.15) is 0 Å². The van der Waals surface area contributed by atoms with Crippen LogP contribution >= 0.6 is 11.6 Å². The van der Waals surface area contributed by atoms with Gasteiger partial charge in [0.1, 0.15) is 11.6 Å². The summed E-state index contributed by atoms with van der Waals surface area (Å²) in [6, 6.07) is 14.2. The Hall–Kier alpha value is -2.57. The molecule has 31 heavy (non-hydrogen) atoms. The Morgan fingerprint density at radius 1 is 1.16 bits per heavy atom. The third-order valence-corrected chi connectivity index (χ3v) is 5.49. The molecule has 0 saturated carbocycles. The minimum atomic E-state index is -0.935. The van der Waals surface area contributed by atoms with E-state index in [0.717, 1.165) is 11.1 Å². The van der Waals surface area contributed by atoms with Crippen LogP contribution in [0.25, 0.3) is 0 Å². The lowest BCUT2D eigenvalue weighted by molar-refractivity contribution is -0.139. The molecule has 0 aliphatic carbocycles. The number of benzene rings is 2. The fraction of sp³-hybridized carbons (Fsp3) is 0.417. The lowest BCUT2D eigenvalue weighted by atomic mass is 9.94. The first-order chi connectivity index (χ1) is 14.6. The number of ether oxygens (including phenoxy) is 1. The number of nitrogens with one attached hydrogen (secondary N) is 1. The quantitative estimate of drug-likeness (QED) is 0.694. The van der Waals surface area contributed by atoms with Crippen LogP contribution in [0.3, 0.4) is 0 Å². The van der Waals surface area contributed by atoms with Gasteiger partial charge in [-0.15, -0.1) is 0 Å². The highest BCUT2D eigenvalue weighted by molar-refractivity contribution is 6.30. The first kappa shape index (κ1) is 23.1. The molecule has 1 aliphatic rings. The van der Waals surface area contributed by atoms with E-state index in [1.165, 1.54) is 5.56 Å². The predicted octanol–water partition coefficient (Wildman–Crippen LogP) is 4.29. The van der Waals surface area contributed by atoms with E-state index in [4.69, 9.17) is 16.3 Å². The Kier molecular flexibility index (Phi) is 7.23. The van der Waals surface area contributed by atoms with Crippen molar-refractivity contribution in [3.8, 4) is 0 Å². The number of halogens is 1. The molecular weight excluding hydrogens is 416 g/mol. The van der Waals surface area contributed by atoms with Crippen molar-refractivity contribution < 1.29 is 19.4 Å². The maximum Gasteiger partial charge on any atom is 0.410 e. The summed E-state index contributed by atoms with van der Waals surface area (Å²) in [6.07, 6.45) is 0.566. The molecule has 1 heterocycles. The highest BCUT2D eigenvalue weighted by atomic mass is 35.5. The van der Waals surface area contributed by atoms with Crippen molar-refractivity contribution in [1.29, 1.82) is 0 Å². The second-order valence-corrected chi connectivity index (χ2v) is 9.30. The Balaban J connectivity index is 1.74. The van der Waals surface area contributed by atoms with E-state index in [0.29, 0.717) is 31.0 Å². The standard InChI is InChI=1S/C24H29ClN2O4/c1-24(2,3)31-23(30)27-15-18-7-5-4-6-17(18)13-20(27)14-26-21(22(28)29)12-16-8-10-19(25)11-9-16/h4-11,20-21,26H,12-15H2,1-3H3,(H,28,29)/t20-,21-/m1/s1. The van der Waals surface area contributed by atoms with Gasteiger partial charge in [0.25, 0.3) is 0 Å². The Labute approximate surface area is 188 Å². The van der Waals surface area contributed by atoms with Gasteiger partial charge in [-0.1, -0.05) is 48.0 Å². The maximum absolute atomic E-state index is 12.9. The van der Waals surface area contributed by atoms with E-state index in [2.05, 4.69) is 11.4 Å². The molecule has 0 radical (unpaired) electrons. The van der Waals surface area contributed by atoms with Crippen molar-refractivity contribution >= 4 is 23.7 Å². The molecule has 0 aromatic heterocycles. The molecule has 7 heteroatoms. The SMILES string of the molecule is CC(C)(C)OC(=O)N1Cc2ccccc2C[C@@H]1CN[C@H](Cc1ccc(Cl)cc1)C(=O)O. The number of carboxylic acid groups (broad SMARTS) is 1. The van der Waals surface area contributed by atoms with Crippen LogP contribution in [0, 0.1) is 0 Å². The van der Waals surface area contributed by atoms with Crippen molar-refractivity contribution in [2.75, 3.05) is 6.54 Å². The molecule has 0 spiro atoms. The van der Waals surface area contributed by atoms with Gasteiger partial charge >= 0.3 is 12.1 Å². The van der Waals surface area contributed by atoms with Crippen LogP contribution in [0.15, 0.2) is 48.5 Å². The highest BCUT2D eigenvalue weighted by Gasteiger charge is 2.33. The monoisotopic (exact) mass is 444 g/mol. The minimum absolute atomic E-state index is 0.211. The van der Waals surface area contributed by atoms with Gasteiger partial charge in [0.05, 0.1) is 6.04 Å². The molecule has 0 fully saturated rings. The molecule has 0 saturated heterocycles. The van der Waals surface area contributed by atoms with Crippen LogP contribution in [0.4, 0.5) is 4.79 Å². The number of fused-ring (bicyclic) bond motifs is 1. The van der Waals surface area contributed by atoms with Gasteiger partial charge in [0.2, 0.25) is 0 Å². The first-order valence-corrected chi connectivity index (χ1v) is 10.8. The average Bonchev–Trinajstić information content (AvgIpc) is 2.70. The zero-order valence-electron chi connectivity index (χ0n) is 18.1. The molecule has 2 N–H and O–H groups in total. The number of rotatable bonds is 6. The topological polar surface area (TPSA) is 78.9 Å². The second kappa shape index (κ2) is 9.71. The number of hydrogen-bond acceptors (Lipinski definition) is 4. The lowest BCUT2D eigenvalue weighted by Gasteiger charge is -2.38. The summed E-state index contributed by atoms with van der Waals surface area (Å²) in [4.78, 5) is 26.4. The van der Waals surface area contributed by atoms with Crippen molar-refractivity contribution in [3.05, 3.63) is 70.2 Å². The summed E-state index contributed by atoms with van der Waals surface area (Å²) >= 11 is 5.92. The van der Waals surface area contributed by atoms with Gasteiger partial charge in [0.15, 0.2) is 0 Å². The van der Waals surface area contributed by atoms with Crippen LogP contribution in [0.5, 0.6) is 0 Å². The summed E-state index contributed by atoms with van der Waals surface area (Å²) in [5.74, 6) is -0.935. The zero-order chi connectivity index (χ0) is 22.6. The first-order valence-electron chi connectivity index (χ1n) is 10.4. The lowest BCUT2D eigenvalue weighted by Crippen LogP contribution is -2.53. The van der Waals surface area contributed by atoms with E-state index < -0.39 is 23.7 Å². The van der Waals surface area contributed by atoms with Crippen LogP contribution in [-0.4, -0.2) is 46.3 Å². The van der Waals surface area contributed by atoms with Crippen LogP contribution in [0.1, 0.15) is 37.5 Å². The molecule has 2 atom stereocenters. The number of carbonyl (C=O) groups is 2. The number of amides is 1. The summed E-state index contributed by atoms with van der Waals surface area (Å²) in [5, 5.41) is 13.5. The normalized spacial score (nSPS) is 17.0. The van der Waals surface area contributed by atoms with Gasteiger partial charge < -0.3 is 15.2 Å². The molecule has 6 nitrogen and oxygen atoms in total. The van der Waals surface area contributed by atoms with Gasteiger partial charge in [0, 0.05) is 18.1 Å². The molecule has 2 aromatic carbocycles. The minimum Gasteiger partial charge on any atom is -0.480 e. The number of carboxylic acids is 1. The van der Waals surface area contributed by atoms with Crippen LogP contribution in [0.2, 0.25) is 5.02 Å². The van der Waals surface area contributed by atoms with E-state index in [-0.39, 0.29) is 6.04 Å².